The SMILES string of the molecule is CNC(=O)c1cc(F)c(F)c(-c2cnn3cc(Cl)c(OC4CCOC4)nc23)c1. The number of hydrogen-bond donors (Lipinski definition) is 1. The average Bonchev–Trinajstić information content (AvgIpc) is 3.33. The first kappa shape index (κ1) is 18.6. The van der Waals surface area contributed by atoms with Gasteiger partial charge in [0.25, 0.3) is 5.91 Å². The molecular formula is C18H15ClF2N4O3. The summed E-state index contributed by atoms with van der Waals surface area (Å²) in [5.41, 5.74) is 0.250. The van der Waals surface area contributed by atoms with Crippen LogP contribution in [0.1, 0.15) is 16.8 Å². The second-order valence-corrected chi connectivity index (χ2v) is 6.63. The molecule has 1 aliphatic heterocycles. The molecule has 4 rings (SSSR count). The standard InChI is InChI=1S/C18H15ClF2N4O3/c1-22-17(26)9-4-11(15(21)14(20)5-9)12-6-23-25-7-13(19)18(24-16(12)25)28-10-2-3-27-8-10/h4-7,10H,2-3,8H2,1H3,(H,22,26). The van der Waals surface area contributed by atoms with Crippen LogP contribution in [-0.4, -0.2) is 46.9 Å². The number of halogens is 3. The smallest absolute Gasteiger partial charge is 0.251 e. The molecule has 3 aromatic rings. The van der Waals surface area contributed by atoms with E-state index in [0.29, 0.717) is 19.6 Å². The first-order chi connectivity index (χ1) is 13.5. The molecule has 2 aromatic heterocycles. The van der Waals surface area contributed by atoms with Gasteiger partial charge in [-0.1, -0.05) is 11.6 Å². The highest BCUT2D eigenvalue weighted by atomic mass is 35.5. The lowest BCUT2D eigenvalue weighted by molar-refractivity contribution is 0.0962. The Balaban J connectivity index is 1.83. The summed E-state index contributed by atoms with van der Waals surface area (Å²) in [6.07, 6.45) is 3.30. The van der Waals surface area contributed by atoms with Crippen molar-refractivity contribution in [1.82, 2.24) is 19.9 Å². The number of carbonyl (C=O) groups is 1. The lowest BCUT2D eigenvalue weighted by Gasteiger charge is -2.12. The van der Waals surface area contributed by atoms with Crippen LogP contribution in [0.3, 0.4) is 0 Å². The van der Waals surface area contributed by atoms with E-state index >= 15 is 0 Å². The maximum Gasteiger partial charge on any atom is 0.251 e. The van der Waals surface area contributed by atoms with Gasteiger partial charge in [-0.05, 0) is 12.1 Å². The van der Waals surface area contributed by atoms with Gasteiger partial charge in [-0.3, -0.25) is 4.79 Å². The Labute approximate surface area is 163 Å². The van der Waals surface area contributed by atoms with Crippen molar-refractivity contribution in [3.05, 3.63) is 46.7 Å². The molecule has 1 unspecified atom stereocenters. The molecule has 1 atom stereocenters. The Hall–Kier alpha value is -2.78. The zero-order valence-corrected chi connectivity index (χ0v) is 15.5. The highest BCUT2D eigenvalue weighted by molar-refractivity contribution is 6.31. The summed E-state index contributed by atoms with van der Waals surface area (Å²) < 4.78 is 40.9. The second-order valence-electron chi connectivity index (χ2n) is 6.22. The van der Waals surface area contributed by atoms with Crippen molar-refractivity contribution in [3.8, 4) is 17.0 Å². The number of nitrogens with one attached hydrogen (secondary N) is 1. The lowest BCUT2D eigenvalue weighted by atomic mass is 10.0. The molecule has 3 heterocycles. The first-order valence-corrected chi connectivity index (χ1v) is 8.85. The highest BCUT2D eigenvalue weighted by Gasteiger charge is 2.23. The van der Waals surface area contributed by atoms with Crippen molar-refractivity contribution in [3.63, 3.8) is 0 Å². The van der Waals surface area contributed by atoms with E-state index in [2.05, 4.69) is 15.4 Å². The Bertz CT molecular complexity index is 1070. The summed E-state index contributed by atoms with van der Waals surface area (Å²) in [6, 6.07) is 2.08. The summed E-state index contributed by atoms with van der Waals surface area (Å²) >= 11 is 6.20. The molecule has 10 heteroatoms. The van der Waals surface area contributed by atoms with Gasteiger partial charge >= 0.3 is 0 Å². The van der Waals surface area contributed by atoms with Crippen molar-refractivity contribution in [2.75, 3.05) is 20.3 Å². The van der Waals surface area contributed by atoms with Gasteiger partial charge in [0, 0.05) is 30.2 Å². The first-order valence-electron chi connectivity index (χ1n) is 8.47. The number of carbonyl (C=O) groups excluding carboxylic acids is 1. The van der Waals surface area contributed by atoms with E-state index in [9.17, 15) is 13.6 Å². The minimum absolute atomic E-state index is 0.0238. The van der Waals surface area contributed by atoms with Crippen LogP contribution in [0.2, 0.25) is 5.02 Å². The van der Waals surface area contributed by atoms with Gasteiger partial charge in [0.1, 0.15) is 11.1 Å². The van der Waals surface area contributed by atoms with Crippen LogP contribution in [-0.2, 0) is 4.74 Å². The van der Waals surface area contributed by atoms with Crippen LogP contribution in [0, 0.1) is 11.6 Å². The number of fused-ring (bicyclic) bond motifs is 1. The van der Waals surface area contributed by atoms with Crippen molar-refractivity contribution in [2.24, 2.45) is 0 Å². The van der Waals surface area contributed by atoms with Gasteiger partial charge in [0.15, 0.2) is 17.3 Å². The number of rotatable bonds is 4. The number of hydrogen-bond acceptors (Lipinski definition) is 5. The van der Waals surface area contributed by atoms with Crippen LogP contribution < -0.4 is 10.1 Å². The topological polar surface area (TPSA) is 77.8 Å². The third kappa shape index (κ3) is 3.27. The van der Waals surface area contributed by atoms with Gasteiger partial charge in [-0.15, -0.1) is 0 Å². The molecule has 1 aliphatic rings. The Kier molecular flexibility index (Phi) is 4.86. The average molecular weight is 409 g/mol. The minimum Gasteiger partial charge on any atom is -0.471 e. The van der Waals surface area contributed by atoms with Crippen LogP contribution in [0.15, 0.2) is 24.5 Å². The van der Waals surface area contributed by atoms with E-state index in [-0.39, 0.29) is 39.3 Å². The summed E-state index contributed by atoms with van der Waals surface area (Å²) in [4.78, 5) is 16.2. The summed E-state index contributed by atoms with van der Waals surface area (Å²) in [5, 5.41) is 6.70. The maximum atomic E-state index is 14.5. The van der Waals surface area contributed by atoms with Gasteiger partial charge < -0.3 is 14.8 Å². The molecule has 1 N–H and O–H groups in total. The number of ether oxygens (including phenoxy) is 2. The molecule has 7 nitrogen and oxygen atoms in total. The molecule has 1 fully saturated rings. The van der Waals surface area contributed by atoms with Crippen LogP contribution in [0.5, 0.6) is 5.88 Å². The normalized spacial score (nSPS) is 16.5. The quantitative estimate of drug-likeness (QED) is 0.718. The van der Waals surface area contributed by atoms with Crippen LogP contribution >= 0.6 is 11.6 Å². The summed E-state index contributed by atoms with van der Waals surface area (Å²) in [5.74, 6) is -2.65. The summed E-state index contributed by atoms with van der Waals surface area (Å²) in [7, 11) is 1.40. The molecule has 1 aromatic carbocycles. The zero-order chi connectivity index (χ0) is 19.8. The molecule has 146 valence electrons. The summed E-state index contributed by atoms with van der Waals surface area (Å²) in [6.45, 7) is 1.00. The highest BCUT2D eigenvalue weighted by Crippen LogP contribution is 2.32. The molecule has 0 bridgehead atoms. The van der Waals surface area contributed by atoms with Gasteiger partial charge in [-0.2, -0.15) is 10.1 Å². The van der Waals surface area contributed by atoms with Gasteiger partial charge in [0.05, 0.1) is 25.6 Å². The third-order valence-electron chi connectivity index (χ3n) is 4.39. The molecular weight excluding hydrogens is 394 g/mol. The van der Waals surface area contributed by atoms with E-state index in [1.165, 1.54) is 30.0 Å². The molecule has 0 aliphatic carbocycles. The molecule has 0 saturated carbocycles. The number of aromatic nitrogens is 3. The fourth-order valence-corrected chi connectivity index (χ4v) is 3.15. The Morgan fingerprint density at radius 1 is 1.39 bits per heavy atom. The predicted octanol–water partition coefficient (Wildman–Crippen LogP) is 2.86. The molecule has 1 saturated heterocycles. The van der Waals surface area contributed by atoms with E-state index in [0.717, 1.165) is 6.07 Å². The van der Waals surface area contributed by atoms with Crippen molar-refractivity contribution in [1.29, 1.82) is 0 Å². The Morgan fingerprint density at radius 3 is 2.93 bits per heavy atom. The molecule has 1 amide bonds. The van der Waals surface area contributed by atoms with Crippen LogP contribution in [0.4, 0.5) is 8.78 Å². The van der Waals surface area contributed by atoms with E-state index in [1.807, 2.05) is 0 Å². The molecule has 0 radical (unpaired) electrons. The lowest BCUT2D eigenvalue weighted by Crippen LogP contribution is -2.18. The van der Waals surface area contributed by atoms with Crippen molar-refractivity contribution in [2.45, 2.75) is 12.5 Å². The number of benzene rings is 1. The molecule has 0 spiro atoms. The largest absolute Gasteiger partial charge is 0.471 e. The molecule has 28 heavy (non-hydrogen) atoms. The van der Waals surface area contributed by atoms with Crippen molar-refractivity contribution >= 4 is 23.2 Å². The third-order valence-corrected chi connectivity index (χ3v) is 4.65. The fourth-order valence-electron chi connectivity index (χ4n) is 2.97. The fraction of sp³-hybridized carbons (Fsp3) is 0.278. The van der Waals surface area contributed by atoms with E-state index in [1.54, 1.807) is 0 Å². The minimum atomic E-state index is -1.15. The van der Waals surface area contributed by atoms with E-state index in [4.69, 9.17) is 21.1 Å². The van der Waals surface area contributed by atoms with Gasteiger partial charge in [0.2, 0.25) is 5.88 Å². The number of nitrogens with zero attached hydrogens (tertiary/aromatic N) is 3. The van der Waals surface area contributed by atoms with E-state index < -0.39 is 17.5 Å². The Morgan fingerprint density at radius 2 is 2.21 bits per heavy atom. The zero-order valence-electron chi connectivity index (χ0n) is 14.7. The van der Waals surface area contributed by atoms with Crippen LogP contribution in [0.25, 0.3) is 16.8 Å². The maximum absolute atomic E-state index is 14.5. The number of amides is 1. The van der Waals surface area contributed by atoms with Crippen molar-refractivity contribution < 1.29 is 23.0 Å². The van der Waals surface area contributed by atoms with Gasteiger partial charge in [-0.25, -0.2) is 13.3 Å². The predicted molar refractivity (Wildman–Crippen MR) is 96.6 cm³/mol. The second kappa shape index (κ2) is 7.33. The monoisotopic (exact) mass is 408 g/mol.